The Kier molecular flexibility index (Phi) is 4.01. The van der Waals surface area contributed by atoms with Gasteiger partial charge < -0.3 is 0 Å². The number of hydrogen-bond donors (Lipinski definition) is 0. The molecule has 0 radical (unpaired) electrons. The maximum Gasteiger partial charge on any atom is 0.133 e. The second-order valence-corrected chi connectivity index (χ2v) is 2.88. The van der Waals surface area contributed by atoms with Crippen LogP contribution in [0.15, 0.2) is 12.2 Å². The summed E-state index contributed by atoms with van der Waals surface area (Å²) in [5.74, 6) is 0.489. The average molecular weight is 140 g/mol. The lowest BCUT2D eigenvalue weighted by molar-refractivity contribution is -0.120. The van der Waals surface area contributed by atoms with Gasteiger partial charge in [0.2, 0.25) is 0 Å². The highest BCUT2D eigenvalue weighted by Gasteiger charge is 2.10. The zero-order valence-corrected chi connectivity index (χ0v) is 7.11. The topological polar surface area (TPSA) is 17.1 Å². The number of hydrogen-bond acceptors (Lipinski definition) is 1. The summed E-state index contributed by atoms with van der Waals surface area (Å²) in [7, 11) is 0. The Morgan fingerprint density at radius 1 is 1.50 bits per heavy atom. The zero-order valence-electron chi connectivity index (χ0n) is 7.11. The predicted octanol–water partition coefficient (Wildman–Crippen LogP) is 2.57. The number of carbonyl (C=O) groups excluding carboxylic acids is 1. The first-order chi connectivity index (χ1) is 4.57. The van der Waals surface area contributed by atoms with Gasteiger partial charge in [0, 0.05) is 5.92 Å². The minimum absolute atomic E-state index is 0.206. The fourth-order valence-corrected chi connectivity index (χ4v) is 0.996. The van der Waals surface area contributed by atoms with Gasteiger partial charge in [-0.1, -0.05) is 12.5 Å². The van der Waals surface area contributed by atoms with Crippen LogP contribution in [0.1, 0.15) is 33.6 Å². The van der Waals surface area contributed by atoms with E-state index in [0.717, 1.165) is 18.4 Å². The second-order valence-electron chi connectivity index (χ2n) is 2.88. The van der Waals surface area contributed by atoms with Gasteiger partial charge in [-0.25, -0.2) is 0 Å². The van der Waals surface area contributed by atoms with E-state index < -0.39 is 0 Å². The molecule has 0 saturated carbocycles. The van der Waals surface area contributed by atoms with Crippen LogP contribution in [-0.4, -0.2) is 5.78 Å². The summed E-state index contributed by atoms with van der Waals surface area (Å²) in [6.45, 7) is 9.42. The van der Waals surface area contributed by atoms with E-state index in [9.17, 15) is 4.79 Å². The number of allylic oxidation sites excluding steroid dienone is 1. The van der Waals surface area contributed by atoms with Crippen LogP contribution >= 0.6 is 0 Å². The number of Topliss-reactive ketones (excluding diaryl/α,β-unsaturated/α-hetero) is 1. The maximum atomic E-state index is 10.9. The largest absolute Gasteiger partial charge is 0.300 e. The van der Waals surface area contributed by atoms with Gasteiger partial charge in [0.15, 0.2) is 0 Å². The van der Waals surface area contributed by atoms with Crippen LogP contribution in [0.25, 0.3) is 0 Å². The Bertz CT molecular complexity index is 136. The predicted molar refractivity (Wildman–Crippen MR) is 43.9 cm³/mol. The van der Waals surface area contributed by atoms with Gasteiger partial charge in [-0.2, -0.15) is 0 Å². The van der Waals surface area contributed by atoms with Crippen molar-refractivity contribution in [3.8, 4) is 0 Å². The van der Waals surface area contributed by atoms with Gasteiger partial charge in [0.25, 0.3) is 0 Å². The number of carbonyl (C=O) groups is 1. The third-order valence-corrected chi connectivity index (χ3v) is 1.66. The van der Waals surface area contributed by atoms with E-state index >= 15 is 0 Å². The minimum atomic E-state index is 0.206. The normalized spacial score (nSPS) is 12.7. The van der Waals surface area contributed by atoms with Crippen LogP contribution in [0.5, 0.6) is 0 Å². The average Bonchev–Trinajstić information content (AvgIpc) is 1.81. The molecule has 0 amide bonds. The fraction of sp³-hybridized carbons (Fsp3) is 0.667. The third-order valence-electron chi connectivity index (χ3n) is 1.66. The number of rotatable bonds is 4. The molecular weight excluding hydrogens is 124 g/mol. The summed E-state index contributed by atoms with van der Waals surface area (Å²) in [4.78, 5) is 10.9. The first kappa shape index (κ1) is 9.41. The quantitative estimate of drug-likeness (QED) is 0.548. The summed E-state index contributed by atoms with van der Waals surface area (Å²) >= 11 is 0. The summed E-state index contributed by atoms with van der Waals surface area (Å²) < 4.78 is 0. The van der Waals surface area contributed by atoms with Gasteiger partial charge in [-0.05, 0) is 26.7 Å². The van der Waals surface area contributed by atoms with Gasteiger partial charge >= 0.3 is 0 Å². The molecule has 0 aromatic carbocycles. The second kappa shape index (κ2) is 4.26. The highest BCUT2D eigenvalue weighted by atomic mass is 16.1. The summed E-state index contributed by atoms with van der Waals surface area (Å²) in [5, 5.41) is 0. The molecule has 0 rings (SSSR count). The highest BCUT2D eigenvalue weighted by Crippen LogP contribution is 2.13. The molecule has 1 atom stereocenters. The Morgan fingerprint density at radius 3 is 2.10 bits per heavy atom. The molecule has 0 bridgehead atoms. The summed E-state index contributed by atoms with van der Waals surface area (Å²) in [5.41, 5.74) is 1.10. The molecule has 0 aromatic rings. The van der Waals surface area contributed by atoms with Gasteiger partial charge in [0.1, 0.15) is 5.78 Å². The van der Waals surface area contributed by atoms with Crippen LogP contribution in [-0.2, 0) is 4.79 Å². The van der Waals surface area contributed by atoms with E-state index in [2.05, 4.69) is 6.58 Å². The standard InChI is InChI=1S/C9H16O/c1-5-9(8(4)10)6-7(2)3/h9H,2,5-6H2,1,3-4H3/t9-/m0/s1. The molecule has 0 N–H and O–H groups in total. The first-order valence-electron chi connectivity index (χ1n) is 3.72. The monoisotopic (exact) mass is 140 g/mol. The molecule has 1 heteroatoms. The van der Waals surface area contributed by atoms with Crippen molar-refractivity contribution in [3.05, 3.63) is 12.2 Å². The molecule has 0 unspecified atom stereocenters. The van der Waals surface area contributed by atoms with E-state index in [0.29, 0.717) is 0 Å². The van der Waals surface area contributed by atoms with Crippen molar-refractivity contribution in [1.29, 1.82) is 0 Å². The SMILES string of the molecule is C=C(C)C[C@H](CC)C(C)=O. The molecule has 0 heterocycles. The van der Waals surface area contributed by atoms with Gasteiger partial charge in [-0.15, -0.1) is 6.58 Å². The Balaban J connectivity index is 3.83. The van der Waals surface area contributed by atoms with E-state index in [1.54, 1.807) is 6.92 Å². The summed E-state index contributed by atoms with van der Waals surface area (Å²) in [6.07, 6.45) is 1.79. The van der Waals surface area contributed by atoms with Crippen LogP contribution in [0.2, 0.25) is 0 Å². The lowest BCUT2D eigenvalue weighted by Crippen LogP contribution is -2.09. The molecule has 0 aliphatic rings. The first-order valence-corrected chi connectivity index (χ1v) is 3.72. The molecule has 0 aromatic heterocycles. The van der Waals surface area contributed by atoms with Crippen molar-refractivity contribution in [2.45, 2.75) is 33.6 Å². The Labute approximate surface area is 63.1 Å². The maximum absolute atomic E-state index is 10.9. The van der Waals surface area contributed by atoms with Gasteiger partial charge in [-0.3, -0.25) is 4.79 Å². The van der Waals surface area contributed by atoms with Crippen LogP contribution in [0.3, 0.4) is 0 Å². The van der Waals surface area contributed by atoms with Crippen LogP contribution < -0.4 is 0 Å². The molecule has 0 aliphatic heterocycles. The lowest BCUT2D eigenvalue weighted by atomic mass is 9.95. The van der Waals surface area contributed by atoms with Crippen molar-refractivity contribution in [3.63, 3.8) is 0 Å². The fourth-order valence-electron chi connectivity index (χ4n) is 0.996. The van der Waals surface area contributed by atoms with E-state index in [4.69, 9.17) is 0 Å². The third kappa shape index (κ3) is 3.44. The molecule has 0 aliphatic carbocycles. The molecular formula is C9H16O. The van der Waals surface area contributed by atoms with Crippen molar-refractivity contribution >= 4 is 5.78 Å². The van der Waals surface area contributed by atoms with Crippen molar-refractivity contribution in [2.24, 2.45) is 5.92 Å². The van der Waals surface area contributed by atoms with E-state index in [-0.39, 0.29) is 11.7 Å². The zero-order chi connectivity index (χ0) is 8.15. The van der Waals surface area contributed by atoms with Crippen molar-refractivity contribution in [2.75, 3.05) is 0 Å². The highest BCUT2D eigenvalue weighted by molar-refractivity contribution is 5.78. The smallest absolute Gasteiger partial charge is 0.133 e. The van der Waals surface area contributed by atoms with E-state index in [1.165, 1.54) is 0 Å². The Morgan fingerprint density at radius 2 is 2.00 bits per heavy atom. The summed E-state index contributed by atoms with van der Waals surface area (Å²) in [6, 6.07) is 0. The number of ketones is 1. The van der Waals surface area contributed by atoms with Gasteiger partial charge in [0.05, 0.1) is 0 Å². The minimum Gasteiger partial charge on any atom is -0.300 e. The molecule has 1 nitrogen and oxygen atoms in total. The molecule has 0 fully saturated rings. The molecule has 10 heavy (non-hydrogen) atoms. The Hall–Kier alpha value is -0.590. The van der Waals surface area contributed by atoms with Crippen molar-refractivity contribution in [1.82, 2.24) is 0 Å². The van der Waals surface area contributed by atoms with E-state index in [1.807, 2.05) is 13.8 Å². The van der Waals surface area contributed by atoms with Crippen LogP contribution in [0, 0.1) is 5.92 Å². The molecule has 58 valence electrons. The molecule has 0 spiro atoms. The van der Waals surface area contributed by atoms with Crippen molar-refractivity contribution < 1.29 is 4.79 Å². The van der Waals surface area contributed by atoms with Crippen LogP contribution in [0.4, 0.5) is 0 Å². The lowest BCUT2D eigenvalue weighted by Gasteiger charge is -2.09. The molecule has 0 saturated heterocycles.